The van der Waals surface area contributed by atoms with Gasteiger partial charge in [0.15, 0.2) is 5.82 Å². The first-order valence-electron chi connectivity index (χ1n) is 6.70. The highest BCUT2D eigenvalue weighted by atomic mass is 16.3. The predicted octanol–water partition coefficient (Wildman–Crippen LogP) is 1.32. The van der Waals surface area contributed by atoms with E-state index in [0.29, 0.717) is 11.4 Å². The van der Waals surface area contributed by atoms with Crippen LogP contribution in [-0.2, 0) is 7.05 Å². The molecule has 2 rings (SSSR count). The summed E-state index contributed by atoms with van der Waals surface area (Å²) in [4.78, 5) is 17.9. The second-order valence-corrected chi connectivity index (χ2v) is 5.79. The molecule has 1 aromatic heterocycles. The van der Waals surface area contributed by atoms with Crippen molar-refractivity contribution in [1.82, 2.24) is 19.7 Å². The first-order valence-corrected chi connectivity index (χ1v) is 6.70. The highest BCUT2D eigenvalue weighted by molar-refractivity contribution is 5.94. The molecule has 0 aliphatic carbocycles. The largest absolute Gasteiger partial charge is 0.389 e. The number of carbonyl (C=O) groups excluding carboxylic acids is 1. The summed E-state index contributed by atoms with van der Waals surface area (Å²) >= 11 is 0. The number of hydrogen-bond donors (Lipinski definition) is 1. The van der Waals surface area contributed by atoms with Gasteiger partial charge in [-0.1, -0.05) is 12.1 Å². The van der Waals surface area contributed by atoms with Gasteiger partial charge in [-0.2, -0.15) is 5.10 Å². The second kappa shape index (κ2) is 5.65. The maximum Gasteiger partial charge on any atom is 0.253 e. The summed E-state index contributed by atoms with van der Waals surface area (Å²) in [5.41, 5.74) is 0.515. The third kappa shape index (κ3) is 3.88. The first-order chi connectivity index (χ1) is 9.76. The van der Waals surface area contributed by atoms with E-state index in [1.54, 1.807) is 51.1 Å². The van der Waals surface area contributed by atoms with Crippen LogP contribution in [0.4, 0.5) is 0 Å². The van der Waals surface area contributed by atoms with Crippen LogP contribution in [0.3, 0.4) is 0 Å². The zero-order chi connectivity index (χ0) is 15.6. The molecule has 0 saturated heterocycles. The molecule has 21 heavy (non-hydrogen) atoms. The number of amides is 1. The van der Waals surface area contributed by atoms with Crippen molar-refractivity contribution in [2.75, 3.05) is 13.6 Å². The average molecular weight is 288 g/mol. The Hall–Kier alpha value is -2.21. The number of nitrogens with zero attached hydrogens (tertiary/aromatic N) is 4. The van der Waals surface area contributed by atoms with Gasteiger partial charge in [0.2, 0.25) is 0 Å². The number of aliphatic hydroxyl groups is 1. The lowest BCUT2D eigenvalue weighted by atomic mass is 10.1. The molecule has 1 heterocycles. The highest BCUT2D eigenvalue weighted by Crippen LogP contribution is 2.16. The summed E-state index contributed by atoms with van der Waals surface area (Å²) in [6, 6.07) is 7.13. The van der Waals surface area contributed by atoms with E-state index in [4.69, 9.17) is 0 Å². The van der Waals surface area contributed by atoms with Crippen LogP contribution in [0.15, 0.2) is 30.6 Å². The normalized spacial score (nSPS) is 11.5. The van der Waals surface area contributed by atoms with E-state index >= 15 is 0 Å². The number of benzene rings is 1. The van der Waals surface area contributed by atoms with Crippen LogP contribution in [0, 0.1) is 0 Å². The lowest BCUT2D eigenvalue weighted by Crippen LogP contribution is -2.39. The second-order valence-electron chi connectivity index (χ2n) is 5.79. The molecule has 0 unspecified atom stereocenters. The number of likely N-dealkylation sites (N-methyl/N-ethyl adjacent to an activating group) is 1. The Kier molecular flexibility index (Phi) is 4.09. The Bertz CT molecular complexity index is 626. The van der Waals surface area contributed by atoms with Gasteiger partial charge in [0.05, 0.1) is 5.60 Å². The van der Waals surface area contributed by atoms with E-state index in [1.807, 2.05) is 12.1 Å². The summed E-state index contributed by atoms with van der Waals surface area (Å²) in [7, 11) is 3.48. The average Bonchev–Trinajstić information content (AvgIpc) is 2.83. The molecule has 6 heteroatoms. The molecule has 0 saturated carbocycles. The minimum atomic E-state index is -0.914. The first kappa shape index (κ1) is 15.2. The molecule has 0 aliphatic rings. The molecule has 0 bridgehead atoms. The minimum absolute atomic E-state index is 0.127. The van der Waals surface area contributed by atoms with Gasteiger partial charge >= 0.3 is 0 Å². The molecule has 0 atom stereocenters. The topological polar surface area (TPSA) is 71.2 Å². The van der Waals surface area contributed by atoms with Crippen LogP contribution in [0.5, 0.6) is 0 Å². The smallest absolute Gasteiger partial charge is 0.253 e. The molecular weight excluding hydrogens is 268 g/mol. The number of hydrogen-bond acceptors (Lipinski definition) is 4. The molecule has 0 radical (unpaired) electrons. The van der Waals surface area contributed by atoms with Crippen LogP contribution >= 0.6 is 0 Å². The minimum Gasteiger partial charge on any atom is -0.389 e. The Morgan fingerprint density at radius 1 is 1.33 bits per heavy atom. The van der Waals surface area contributed by atoms with Gasteiger partial charge in [-0.3, -0.25) is 9.48 Å². The lowest BCUT2D eigenvalue weighted by molar-refractivity contribution is 0.0368. The molecule has 1 N–H and O–H groups in total. The van der Waals surface area contributed by atoms with Gasteiger partial charge in [0, 0.05) is 31.8 Å². The monoisotopic (exact) mass is 288 g/mol. The molecule has 2 aromatic rings. The molecular formula is C15H20N4O2. The summed E-state index contributed by atoms with van der Waals surface area (Å²) < 4.78 is 1.63. The SMILES string of the molecule is CN(CC(C)(C)O)C(=O)c1ccc(-c2ncn(C)n2)cc1. The van der Waals surface area contributed by atoms with Crippen LogP contribution in [0.2, 0.25) is 0 Å². The Balaban J connectivity index is 2.13. The third-order valence-electron chi connectivity index (χ3n) is 2.96. The van der Waals surface area contributed by atoms with E-state index in [-0.39, 0.29) is 12.5 Å². The van der Waals surface area contributed by atoms with Gasteiger partial charge < -0.3 is 10.0 Å². The molecule has 6 nitrogen and oxygen atoms in total. The lowest BCUT2D eigenvalue weighted by Gasteiger charge is -2.25. The highest BCUT2D eigenvalue weighted by Gasteiger charge is 2.20. The number of rotatable bonds is 4. The van der Waals surface area contributed by atoms with Crippen molar-refractivity contribution in [1.29, 1.82) is 0 Å². The summed E-state index contributed by atoms with van der Waals surface area (Å²) in [6.45, 7) is 3.62. The molecule has 0 aliphatic heterocycles. The van der Waals surface area contributed by atoms with Crippen LogP contribution in [-0.4, -0.2) is 49.9 Å². The van der Waals surface area contributed by atoms with Crippen molar-refractivity contribution in [2.24, 2.45) is 7.05 Å². The number of aryl methyl sites for hydroxylation is 1. The quantitative estimate of drug-likeness (QED) is 0.921. The van der Waals surface area contributed by atoms with Crippen LogP contribution < -0.4 is 0 Å². The summed E-state index contributed by atoms with van der Waals surface area (Å²) in [6.07, 6.45) is 1.63. The van der Waals surface area contributed by atoms with Crippen LogP contribution in [0.25, 0.3) is 11.4 Å². The van der Waals surface area contributed by atoms with Gasteiger partial charge in [-0.25, -0.2) is 4.98 Å². The molecule has 112 valence electrons. The molecule has 0 fully saturated rings. The van der Waals surface area contributed by atoms with Gasteiger partial charge in [0.25, 0.3) is 5.91 Å². The fraction of sp³-hybridized carbons (Fsp3) is 0.400. The van der Waals surface area contributed by atoms with Crippen molar-refractivity contribution in [2.45, 2.75) is 19.4 Å². The zero-order valence-corrected chi connectivity index (χ0v) is 12.7. The van der Waals surface area contributed by atoms with Crippen molar-refractivity contribution < 1.29 is 9.90 Å². The van der Waals surface area contributed by atoms with Crippen molar-refractivity contribution in [3.63, 3.8) is 0 Å². The third-order valence-corrected chi connectivity index (χ3v) is 2.96. The summed E-state index contributed by atoms with van der Waals surface area (Å²) in [5, 5.41) is 14.0. The zero-order valence-electron chi connectivity index (χ0n) is 12.7. The summed E-state index contributed by atoms with van der Waals surface area (Å²) in [5.74, 6) is 0.499. The Morgan fingerprint density at radius 3 is 2.43 bits per heavy atom. The fourth-order valence-corrected chi connectivity index (χ4v) is 2.11. The van der Waals surface area contributed by atoms with Crippen LogP contribution in [0.1, 0.15) is 24.2 Å². The van der Waals surface area contributed by atoms with Crippen molar-refractivity contribution >= 4 is 5.91 Å². The van der Waals surface area contributed by atoms with Crippen molar-refractivity contribution in [3.05, 3.63) is 36.2 Å². The van der Waals surface area contributed by atoms with Crippen molar-refractivity contribution in [3.8, 4) is 11.4 Å². The van der Waals surface area contributed by atoms with Gasteiger partial charge in [0.1, 0.15) is 6.33 Å². The Labute approximate surface area is 124 Å². The van der Waals surface area contributed by atoms with E-state index < -0.39 is 5.60 Å². The molecule has 0 spiro atoms. The van der Waals surface area contributed by atoms with E-state index in [1.165, 1.54) is 4.90 Å². The maximum atomic E-state index is 12.3. The fourth-order valence-electron chi connectivity index (χ4n) is 2.11. The van der Waals surface area contributed by atoms with E-state index in [0.717, 1.165) is 5.56 Å². The molecule has 1 aromatic carbocycles. The van der Waals surface area contributed by atoms with Gasteiger partial charge in [-0.05, 0) is 26.0 Å². The Morgan fingerprint density at radius 2 is 1.95 bits per heavy atom. The van der Waals surface area contributed by atoms with Gasteiger partial charge in [-0.15, -0.1) is 0 Å². The maximum absolute atomic E-state index is 12.3. The number of aromatic nitrogens is 3. The molecule has 1 amide bonds. The predicted molar refractivity (Wildman–Crippen MR) is 79.7 cm³/mol. The van der Waals surface area contributed by atoms with E-state index in [9.17, 15) is 9.90 Å². The van der Waals surface area contributed by atoms with E-state index in [2.05, 4.69) is 10.1 Å². The number of carbonyl (C=O) groups is 1. The standard InChI is InChI=1S/C15H20N4O2/c1-15(2,21)9-18(3)14(20)12-7-5-11(6-8-12)13-16-10-19(4)17-13/h5-8,10,21H,9H2,1-4H3.